The van der Waals surface area contributed by atoms with Crippen LogP contribution in [0.5, 0.6) is 0 Å². The molecule has 2 aliphatic heterocycles. The molecule has 0 amide bonds. The standard InChI is InChI=1S/2C7H9N/c2*1-2-8-6-4-3-5-7-8/h2*2-6H,1,7H2. The lowest BCUT2D eigenvalue weighted by molar-refractivity contribution is 0.562. The molecule has 0 aromatic rings. The van der Waals surface area contributed by atoms with E-state index in [4.69, 9.17) is 0 Å². The molecular weight excluding hydrogens is 196 g/mol. The van der Waals surface area contributed by atoms with E-state index in [1.807, 2.05) is 46.5 Å². The van der Waals surface area contributed by atoms with Crippen LogP contribution in [0.1, 0.15) is 0 Å². The van der Waals surface area contributed by atoms with Crippen LogP contribution >= 0.6 is 0 Å². The molecule has 2 heterocycles. The first-order valence-electron chi connectivity index (χ1n) is 5.30. The van der Waals surface area contributed by atoms with Crippen molar-refractivity contribution in [3.05, 3.63) is 74.4 Å². The molecule has 2 aliphatic rings. The van der Waals surface area contributed by atoms with Crippen LogP contribution in [0.15, 0.2) is 74.4 Å². The summed E-state index contributed by atoms with van der Waals surface area (Å²) in [6.07, 6.45) is 19.8. The Morgan fingerprint density at radius 1 is 0.750 bits per heavy atom. The third-order valence-electron chi connectivity index (χ3n) is 2.15. The highest BCUT2D eigenvalue weighted by Gasteiger charge is 1.89. The lowest BCUT2D eigenvalue weighted by Crippen LogP contribution is -2.09. The molecule has 0 saturated carbocycles. The van der Waals surface area contributed by atoms with Crippen LogP contribution in [0.25, 0.3) is 0 Å². The average Bonchev–Trinajstić information content (AvgIpc) is 2.41. The lowest BCUT2D eigenvalue weighted by atomic mass is 10.4. The minimum atomic E-state index is 0.958. The predicted molar refractivity (Wildman–Crippen MR) is 70.4 cm³/mol. The first-order chi connectivity index (χ1) is 7.86. The van der Waals surface area contributed by atoms with Crippen molar-refractivity contribution in [1.29, 1.82) is 0 Å². The molecule has 0 aliphatic carbocycles. The summed E-state index contributed by atoms with van der Waals surface area (Å²) in [5.41, 5.74) is 0. The van der Waals surface area contributed by atoms with Crippen LogP contribution in [-0.4, -0.2) is 22.9 Å². The number of nitrogens with zero attached hydrogens (tertiary/aromatic N) is 2. The van der Waals surface area contributed by atoms with Gasteiger partial charge in [0.2, 0.25) is 0 Å². The molecule has 0 spiro atoms. The van der Waals surface area contributed by atoms with Crippen molar-refractivity contribution in [2.24, 2.45) is 0 Å². The zero-order valence-corrected chi connectivity index (χ0v) is 9.50. The maximum Gasteiger partial charge on any atom is 0.0403 e. The van der Waals surface area contributed by atoms with Crippen molar-refractivity contribution in [1.82, 2.24) is 9.80 Å². The monoisotopic (exact) mass is 214 g/mol. The van der Waals surface area contributed by atoms with E-state index < -0.39 is 0 Å². The van der Waals surface area contributed by atoms with Gasteiger partial charge >= 0.3 is 0 Å². The summed E-state index contributed by atoms with van der Waals surface area (Å²) in [6, 6.07) is 0. The zero-order valence-electron chi connectivity index (χ0n) is 9.50. The van der Waals surface area contributed by atoms with E-state index in [9.17, 15) is 0 Å². The lowest BCUT2D eigenvalue weighted by Gasteiger charge is -2.13. The predicted octanol–water partition coefficient (Wildman–Crippen LogP) is 3.03. The van der Waals surface area contributed by atoms with Gasteiger partial charge in [0, 0.05) is 25.5 Å². The molecule has 0 aromatic carbocycles. The number of allylic oxidation sites excluding steroid dienone is 4. The van der Waals surface area contributed by atoms with E-state index in [1.165, 1.54) is 0 Å². The van der Waals surface area contributed by atoms with Gasteiger partial charge in [-0.05, 0) is 24.6 Å². The molecule has 0 bridgehead atoms. The van der Waals surface area contributed by atoms with Gasteiger partial charge in [-0.2, -0.15) is 0 Å². The summed E-state index contributed by atoms with van der Waals surface area (Å²) in [5.74, 6) is 0. The van der Waals surface area contributed by atoms with Gasteiger partial charge < -0.3 is 9.80 Å². The van der Waals surface area contributed by atoms with Gasteiger partial charge in [-0.25, -0.2) is 0 Å². The molecule has 84 valence electrons. The second kappa shape index (κ2) is 7.35. The molecule has 2 rings (SSSR count). The Morgan fingerprint density at radius 2 is 1.19 bits per heavy atom. The Kier molecular flexibility index (Phi) is 5.56. The van der Waals surface area contributed by atoms with Crippen molar-refractivity contribution < 1.29 is 0 Å². The molecule has 16 heavy (non-hydrogen) atoms. The third kappa shape index (κ3) is 4.51. The van der Waals surface area contributed by atoms with Crippen molar-refractivity contribution in [3.8, 4) is 0 Å². The van der Waals surface area contributed by atoms with Gasteiger partial charge in [0.25, 0.3) is 0 Å². The zero-order chi connectivity index (χ0) is 11.6. The first kappa shape index (κ1) is 12.1. The summed E-state index contributed by atoms with van der Waals surface area (Å²) >= 11 is 0. The van der Waals surface area contributed by atoms with E-state index in [0.29, 0.717) is 0 Å². The Bertz CT molecular complexity index is 301. The van der Waals surface area contributed by atoms with Crippen molar-refractivity contribution in [2.45, 2.75) is 0 Å². The SMILES string of the molecule is C=CN1C=CC=CC1.C=CN1C=CC=CC1. The second-order valence-corrected chi connectivity index (χ2v) is 3.30. The highest BCUT2D eigenvalue weighted by atomic mass is 15.1. The first-order valence-corrected chi connectivity index (χ1v) is 5.30. The van der Waals surface area contributed by atoms with Gasteiger partial charge in [0.15, 0.2) is 0 Å². The number of hydrogen-bond acceptors (Lipinski definition) is 2. The quantitative estimate of drug-likeness (QED) is 0.697. The van der Waals surface area contributed by atoms with Gasteiger partial charge in [0.05, 0.1) is 0 Å². The topological polar surface area (TPSA) is 6.48 Å². The fraction of sp³-hybridized carbons (Fsp3) is 0.143. The summed E-state index contributed by atoms with van der Waals surface area (Å²) in [4.78, 5) is 4.03. The Hall–Kier alpha value is -1.96. The Balaban J connectivity index is 0.000000160. The molecule has 0 radical (unpaired) electrons. The van der Waals surface area contributed by atoms with E-state index in [2.05, 4.69) is 25.3 Å². The van der Waals surface area contributed by atoms with Crippen LogP contribution < -0.4 is 0 Å². The Morgan fingerprint density at radius 3 is 1.38 bits per heavy atom. The summed E-state index contributed by atoms with van der Waals surface area (Å²) in [6.45, 7) is 9.17. The maximum atomic E-state index is 3.63. The van der Waals surface area contributed by atoms with Crippen LogP contribution in [0.2, 0.25) is 0 Å². The molecule has 0 atom stereocenters. The molecule has 0 aromatic heterocycles. The molecule has 0 fully saturated rings. The largest absolute Gasteiger partial charge is 0.351 e. The molecule has 0 unspecified atom stereocenters. The van der Waals surface area contributed by atoms with E-state index in [-0.39, 0.29) is 0 Å². The molecule has 0 N–H and O–H groups in total. The molecular formula is C14H18N2. The highest BCUT2D eigenvalue weighted by molar-refractivity contribution is 5.10. The van der Waals surface area contributed by atoms with Crippen LogP contribution in [0.3, 0.4) is 0 Å². The van der Waals surface area contributed by atoms with E-state index in [1.54, 1.807) is 12.4 Å². The normalized spacial score (nSPS) is 16.8. The Labute approximate surface area is 97.9 Å². The minimum absolute atomic E-state index is 0.958. The average molecular weight is 214 g/mol. The van der Waals surface area contributed by atoms with Gasteiger partial charge in [-0.15, -0.1) is 0 Å². The molecule has 2 nitrogen and oxygen atoms in total. The van der Waals surface area contributed by atoms with Gasteiger partial charge in [0.1, 0.15) is 0 Å². The number of rotatable bonds is 2. The van der Waals surface area contributed by atoms with Crippen molar-refractivity contribution in [3.63, 3.8) is 0 Å². The van der Waals surface area contributed by atoms with Crippen molar-refractivity contribution in [2.75, 3.05) is 13.1 Å². The summed E-state index contributed by atoms with van der Waals surface area (Å²) in [7, 11) is 0. The number of hydrogen-bond donors (Lipinski definition) is 0. The summed E-state index contributed by atoms with van der Waals surface area (Å²) in [5, 5.41) is 0. The van der Waals surface area contributed by atoms with Crippen LogP contribution in [0.4, 0.5) is 0 Å². The minimum Gasteiger partial charge on any atom is -0.351 e. The smallest absolute Gasteiger partial charge is 0.0403 e. The van der Waals surface area contributed by atoms with E-state index >= 15 is 0 Å². The van der Waals surface area contributed by atoms with Gasteiger partial charge in [-0.1, -0.05) is 37.5 Å². The second-order valence-electron chi connectivity index (χ2n) is 3.30. The van der Waals surface area contributed by atoms with E-state index in [0.717, 1.165) is 13.1 Å². The fourth-order valence-corrected chi connectivity index (χ4v) is 1.24. The third-order valence-corrected chi connectivity index (χ3v) is 2.15. The molecule has 0 saturated heterocycles. The maximum absolute atomic E-state index is 3.63. The van der Waals surface area contributed by atoms with Crippen molar-refractivity contribution >= 4 is 0 Å². The molecule has 2 heteroatoms. The highest BCUT2D eigenvalue weighted by Crippen LogP contribution is 1.97. The summed E-state index contributed by atoms with van der Waals surface area (Å²) < 4.78 is 0. The van der Waals surface area contributed by atoms with Crippen LogP contribution in [-0.2, 0) is 0 Å². The fourth-order valence-electron chi connectivity index (χ4n) is 1.24. The van der Waals surface area contributed by atoms with Crippen LogP contribution in [0, 0.1) is 0 Å². The van der Waals surface area contributed by atoms with Gasteiger partial charge in [-0.3, -0.25) is 0 Å².